The zero-order valence-corrected chi connectivity index (χ0v) is 22.1. The number of amides is 1. The fraction of sp³-hybridized carbons (Fsp3) is 0.435. The van der Waals surface area contributed by atoms with E-state index >= 15 is 0 Å². The van der Waals surface area contributed by atoms with Gasteiger partial charge in [0.05, 0.1) is 23.2 Å². The summed E-state index contributed by atoms with van der Waals surface area (Å²) in [4.78, 5) is 11.7. The number of carbonyl (C=O) groups excluding carboxylic acids is 1. The number of nitrogens with one attached hydrogen (secondary N) is 1. The number of thioether (sulfide) groups is 1. The van der Waals surface area contributed by atoms with Crippen molar-refractivity contribution in [2.75, 3.05) is 23.2 Å². The van der Waals surface area contributed by atoms with E-state index in [2.05, 4.69) is 5.32 Å². The van der Waals surface area contributed by atoms with E-state index in [9.17, 15) is 54.2 Å². The van der Waals surface area contributed by atoms with Crippen LogP contribution in [-0.2, 0) is 20.4 Å². The Morgan fingerprint density at radius 2 is 1.62 bits per heavy atom. The molecule has 2 atom stereocenters. The van der Waals surface area contributed by atoms with Crippen LogP contribution in [0.4, 0.5) is 36.4 Å². The quantitative estimate of drug-likeness (QED) is 0.334. The average molecular weight is 621 g/mol. The lowest BCUT2D eigenvalue weighted by Crippen LogP contribution is -2.54. The number of sulfonamides is 1. The summed E-state index contributed by atoms with van der Waals surface area (Å²) in [6.07, 6.45) is -12.9. The van der Waals surface area contributed by atoms with Gasteiger partial charge in [-0.3, -0.25) is 9.10 Å². The van der Waals surface area contributed by atoms with E-state index in [-0.39, 0.29) is 22.4 Å². The summed E-state index contributed by atoms with van der Waals surface area (Å²) < 4.78 is 122. The van der Waals surface area contributed by atoms with Crippen LogP contribution < -0.4 is 9.62 Å². The first-order chi connectivity index (χ1) is 18.2. The normalized spacial score (nSPS) is 18.2. The lowest BCUT2D eigenvalue weighted by molar-refractivity contribution is -0.376. The summed E-state index contributed by atoms with van der Waals surface area (Å²) in [7, 11) is -4.66. The van der Waals surface area contributed by atoms with Crippen molar-refractivity contribution in [1.29, 1.82) is 0 Å². The maximum Gasteiger partial charge on any atom is 0.430 e. The topological polar surface area (TPSA) is 127 Å². The van der Waals surface area contributed by atoms with Crippen molar-refractivity contribution in [3.05, 3.63) is 53.8 Å². The van der Waals surface area contributed by atoms with Gasteiger partial charge in [0, 0.05) is 29.2 Å². The molecule has 0 aliphatic carbocycles. The number of hydrogen-bond acceptors (Lipinski definition) is 7. The van der Waals surface area contributed by atoms with Crippen LogP contribution in [0.25, 0.3) is 0 Å². The van der Waals surface area contributed by atoms with Crippen molar-refractivity contribution in [3.63, 3.8) is 0 Å². The highest BCUT2D eigenvalue weighted by Gasteiger charge is 2.71. The van der Waals surface area contributed by atoms with Crippen LogP contribution in [0.1, 0.15) is 18.9 Å². The smallest absolute Gasteiger partial charge is 0.393 e. The zero-order valence-electron chi connectivity index (χ0n) is 20.4. The molecule has 1 unspecified atom stereocenters. The third kappa shape index (κ3) is 6.17. The van der Waals surface area contributed by atoms with E-state index in [1.165, 1.54) is 6.92 Å². The third-order valence-electron chi connectivity index (χ3n) is 6.00. The molecule has 0 saturated carbocycles. The highest BCUT2D eigenvalue weighted by molar-refractivity contribution is 8.00. The van der Waals surface area contributed by atoms with E-state index in [4.69, 9.17) is 5.11 Å². The van der Waals surface area contributed by atoms with Crippen molar-refractivity contribution in [2.24, 2.45) is 0 Å². The molecule has 2 aromatic rings. The Labute approximate surface area is 227 Å². The van der Waals surface area contributed by atoms with Crippen LogP contribution in [0.15, 0.2) is 52.3 Å². The monoisotopic (exact) mass is 620 g/mol. The number of rotatable bonds is 8. The lowest BCUT2D eigenvalue weighted by Gasteiger charge is -2.38. The number of aliphatic hydroxyl groups is 3. The van der Waals surface area contributed by atoms with E-state index in [0.29, 0.717) is 28.2 Å². The molecule has 1 amide bonds. The Morgan fingerprint density at radius 3 is 2.15 bits per heavy atom. The molecule has 0 fully saturated rings. The van der Waals surface area contributed by atoms with Crippen LogP contribution >= 0.6 is 11.8 Å². The van der Waals surface area contributed by atoms with E-state index in [0.717, 1.165) is 24.3 Å². The number of aliphatic hydroxyl groups excluding tert-OH is 1. The molecule has 0 spiro atoms. The van der Waals surface area contributed by atoms with Crippen molar-refractivity contribution in [2.45, 2.75) is 52.7 Å². The van der Waals surface area contributed by atoms with Crippen molar-refractivity contribution in [1.82, 2.24) is 5.32 Å². The Kier molecular flexibility index (Phi) is 8.78. The van der Waals surface area contributed by atoms with Gasteiger partial charge in [0.15, 0.2) is 0 Å². The SMILES string of the molecule is C[C@@](O)(CO)CNC(=O)CC1CSc2cc(C(O)(C(F)(F)F)C(F)(F)F)ccc2N1S(=O)(=O)c1ccc(F)cc1. The summed E-state index contributed by atoms with van der Waals surface area (Å²) in [5.41, 5.74) is -8.93. The predicted molar refractivity (Wildman–Crippen MR) is 128 cm³/mol. The number of alkyl halides is 6. The first-order valence-corrected chi connectivity index (χ1v) is 13.7. The molecule has 8 nitrogen and oxygen atoms in total. The number of nitrogens with zero attached hydrogens (tertiary/aromatic N) is 1. The second-order valence-corrected chi connectivity index (χ2v) is 12.1. The van der Waals surface area contributed by atoms with Gasteiger partial charge in [0.25, 0.3) is 15.6 Å². The Morgan fingerprint density at radius 1 is 1.05 bits per heavy atom. The Bertz CT molecular complexity index is 1330. The first-order valence-electron chi connectivity index (χ1n) is 11.3. The number of hydrogen-bond donors (Lipinski definition) is 4. The highest BCUT2D eigenvalue weighted by atomic mass is 32.2. The molecule has 4 N–H and O–H groups in total. The summed E-state index contributed by atoms with van der Waals surface area (Å²) >= 11 is 0.655. The summed E-state index contributed by atoms with van der Waals surface area (Å²) in [5.74, 6) is -1.90. The van der Waals surface area contributed by atoms with Gasteiger partial charge in [-0.25, -0.2) is 12.8 Å². The van der Waals surface area contributed by atoms with Gasteiger partial charge in [-0.1, -0.05) is 6.07 Å². The molecule has 1 heterocycles. The fourth-order valence-electron chi connectivity index (χ4n) is 3.79. The third-order valence-corrected chi connectivity index (χ3v) is 9.07. The molecule has 40 heavy (non-hydrogen) atoms. The minimum Gasteiger partial charge on any atom is -0.393 e. The summed E-state index contributed by atoms with van der Waals surface area (Å²) in [5, 5.41) is 31.1. The van der Waals surface area contributed by atoms with Crippen LogP contribution in [0.5, 0.6) is 0 Å². The maximum atomic E-state index is 13.6. The van der Waals surface area contributed by atoms with Crippen molar-refractivity contribution < 1.29 is 59.3 Å². The zero-order chi connectivity index (χ0) is 30.3. The molecule has 17 heteroatoms. The number of carbonyl (C=O) groups is 1. The van der Waals surface area contributed by atoms with Gasteiger partial charge in [-0.2, -0.15) is 26.3 Å². The minimum absolute atomic E-state index is 0.286. The summed E-state index contributed by atoms with van der Waals surface area (Å²) in [6.45, 7) is 0.0851. The molecular formula is C23H23F7N2O6S2. The van der Waals surface area contributed by atoms with E-state index in [1.807, 2.05) is 0 Å². The second kappa shape index (κ2) is 11.0. The lowest BCUT2D eigenvalue weighted by atomic mass is 9.92. The van der Waals surface area contributed by atoms with Gasteiger partial charge in [0.1, 0.15) is 11.4 Å². The van der Waals surface area contributed by atoms with Gasteiger partial charge in [0.2, 0.25) is 5.91 Å². The molecule has 0 aromatic heterocycles. The predicted octanol–water partition coefficient (Wildman–Crippen LogP) is 3.06. The molecule has 1 aliphatic heterocycles. The van der Waals surface area contributed by atoms with Crippen molar-refractivity contribution >= 4 is 33.4 Å². The standard InChI is InChI=1S/C23H23F7N2O6S2/c1-20(35,12-33)11-31-19(34)9-15-10-39-18-8-13(21(36,22(25,26)27)23(28,29)30)2-7-17(18)32(15)40(37,38)16-5-3-14(24)4-6-16/h2-8,15,33,35-36H,9-12H2,1H3,(H,31,34)/t15?,20-/m0/s1. The summed E-state index contributed by atoms with van der Waals surface area (Å²) in [6, 6.07) is 3.51. The van der Waals surface area contributed by atoms with Crippen LogP contribution in [0.2, 0.25) is 0 Å². The second-order valence-electron chi connectivity index (χ2n) is 9.24. The molecule has 0 bridgehead atoms. The largest absolute Gasteiger partial charge is 0.430 e. The average Bonchev–Trinajstić information content (AvgIpc) is 2.85. The number of halogens is 7. The van der Waals surface area contributed by atoms with Gasteiger partial charge >= 0.3 is 12.4 Å². The number of anilines is 1. The van der Waals surface area contributed by atoms with Gasteiger partial charge < -0.3 is 20.6 Å². The molecule has 222 valence electrons. The molecule has 1 aliphatic rings. The Hall–Kier alpha value is -2.60. The van der Waals surface area contributed by atoms with Crippen LogP contribution in [0, 0.1) is 5.82 Å². The Balaban J connectivity index is 2.10. The number of fused-ring (bicyclic) bond motifs is 1. The van der Waals surface area contributed by atoms with Crippen molar-refractivity contribution in [3.8, 4) is 0 Å². The molecular weight excluding hydrogens is 597 g/mol. The molecule has 2 aromatic carbocycles. The molecule has 0 radical (unpaired) electrons. The van der Waals surface area contributed by atoms with Crippen LogP contribution in [-0.4, -0.2) is 72.5 Å². The van der Waals surface area contributed by atoms with Crippen LogP contribution in [0.3, 0.4) is 0 Å². The highest BCUT2D eigenvalue weighted by Crippen LogP contribution is 2.52. The van der Waals surface area contributed by atoms with E-state index in [1.54, 1.807) is 0 Å². The van der Waals surface area contributed by atoms with Gasteiger partial charge in [-0.15, -0.1) is 11.8 Å². The fourth-order valence-corrected chi connectivity index (χ4v) is 6.78. The molecule has 0 saturated heterocycles. The van der Waals surface area contributed by atoms with Gasteiger partial charge in [-0.05, 0) is 43.3 Å². The number of benzene rings is 2. The minimum atomic E-state index is -6.17. The maximum absolute atomic E-state index is 13.6. The van der Waals surface area contributed by atoms with E-state index < -0.39 is 81.4 Å². The molecule has 3 rings (SSSR count). The first kappa shape index (κ1) is 31.9.